The number of thioether (sulfide) groups is 1. The van der Waals surface area contributed by atoms with Crippen molar-refractivity contribution in [3.8, 4) is 0 Å². The van der Waals surface area contributed by atoms with Crippen LogP contribution in [0, 0.1) is 0 Å². The molecule has 0 fully saturated rings. The van der Waals surface area contributed by atoms with Gasteiger partial charge in [0.2, 0.25) is 0 Å². The van der Waals surface area contributed by atoms with E-state index in [2.05, 4.69) is 19.0 Å². The summed E-state index contributed by atoms with van der Waals surface area (Å²) in [4.78, 5) is 13.9. The molecule has 0 unspecified atom stereocenters. The summed E-state index contributed by atoms with van der Waals surface area (Å²) in [7, 11) is 4.17. The van der Waals surface area contributed by atoms with Gasteiger partial charge in [0, 0.05) is 10.5 Å². The molecule has 0 bridgehead atoms. The minimum atomic E-state index is 0.743. The highest BCUT2D eigenvalue weighted by Gasteiger charge is 1.95. The second kappa shape index (κ2) is 6.64. The van der Waals surface area contributed by atoms with E-state index in [1.807, 2.05) is 36.0 Å². The van der Waals surface area contributed by atoms with Crippen molar-refractivity contribution in [2.75, 3.05) is 26.4 Å². The van der Waals surface area contributed by atoms with E-state index in [0.29, 0.717) is 0 Å². The molecule has 0 radical (unpaired) electrons. The van der Waals surface area contributed by atoms with Crippen LogP contribution in [-0.4, -0.2) is 37.6 Å². The molecule has 0 aromatic heterocycles. The van der Waals surface area contributed by atoms with Gasteiger partial charge in [-0.3, -0.25) is 4.79 Å². The quantitative estimate of drug-likeness (QED) is 0.420. The predicted octanol–water partition coefficient (Wildman–Crippen LogP) is 2.54. The molecule has 0 saturated heterocycles. The Bertz CT molecular complexity index is 295. The van der Waals surface area contributed by atoms with Crippen LogP contribution in [0.5, 0.6) is 0 Å². The fraction of sp³-hybridized carbons (Fsp3) is 0.417. The molecule has 3 heteroatoms. The SMILES string of the molecule is CN(C)CCCSc1ccc(C=O)cc1. The molecule has 1 rings (SSSR count). The summed E-state index contributed by atoms with van der Waals surface area (Å²) in [6.45, 7) is 1.12. The number of hydrogen-bond donors (Lipinski definition) is 0. The van der Waals surface area contributed by atoms with Gasteiger partial charge >= 0.3 is 0 Å². The van der Waals surface area contributed by atoms with Crippen LogP contribution in [0.25, 0.3) is 0 Å². The molecular weight excluding hydrogens is 206 g/mol. The van der Waals surface area contributed by atoms with E-state index in [-0.39, 0.29) is 0 Å². The lowest BCUT2D eigenvalue weighted by molar-refractivity contribution is 0.112. The van der Waals surface area contributed by atoms with Gasteiger partial charge in [0.05, 0.1) is 0 Å². The van der Waals surface area contributed by atoms with Gasteiger partial charge in [0.15, 0.2) is 0 Å². The highest BCUT2D eigenvalue weighted by atomic mass is 32.2. The number of hydrogen-bond acceptors (Lipinski definition) is 3. The molecule has 2 nitrogen and oxygen atoms in total. The van der Waals surface area contributed by atoms with Gasteiger partial charge in [-0.25, -0.2) is 0 Å². The minimum Gasteiger partial charge on any atom is -0.309 e. The Kier molecular flexibility index (Phi) is 5.43. The van der Waals surface area contributed by atoms with Crippen molar-refractivity contribution in [2.45, 2.75) is 11.3 Å². The molecule has 0 saturated carbocycles. The first-order valence-electron chi connectivity index (χ1n) is 5.05. The largest absolute Gasteiger partial charge is 0.309 e. The van der Waals surface area contributed by atoms with Crippen molar-refractivity contribution in [2.24, 2.45) is 0 Å². The molecule has 0 amide bonds. The van der Waals surface area contributed by atoms with E-state index in [0.717, 1.165) is 24.1 Å². The molecule has 0 aliphatic heterocycles. The average molecular weight is 223 g/mol. The minimum absolute atomic E-state index is 0.743. The first-order chi connectivity index (χ1) is 7.22. The van der Waals surface area contributed by atoms with Crippen LogP contribution in [0.3, 0.4) is 0 Å². The normalized spacial score (nSPS) is 10.6. The Morgan fingerprint density at radius 3 is 2.47 bits per heavy atom. The maximum absolute atomic E-state index is 10.4. The van der Waals surface area contributed by atoms with E-state index in [1.54, 1.807) is 0 Å². The zero-order valence-corrected chi connectivity index (χ0v) is 10.1. The van der Waals surface area contributed by atoms with Gasteiger partial charge in [-0.1, -0.05) is 12.1 Å². The average Bonchev–Trinajstić information content (AvgIpc) is 2.25. The van der Waals surface area contributed by atoms with Gasteiger partial charge in [-0.2, -0.15) is 0 Å². The first kappa shape index (κ1) is 12.3. The Hall–Kier alpha value is -0.800. The summed E-state index contributed by atoms with van der Waals surface area (Å²) in [5.41, 5.74) is 0.743. The lowest BCUT2D eigenvalue weighted by Gasteiger charge is -2.08. The summed E-state index contributed by atoms with van der Waals surface area (Å²) in [5, 5.41) is 0. The van der Waals surface area contributed by atoms with E-state index < -0.39 is 0 Å². The lowest BCUT2D eigenvalue weighted by Crippen LogP contribution is -2.13. The van der Waals surface area contributed by atoms with Gasteiger partial charge in [-0.05, 0) is 44.9 Å². The van der Waals surface area contributed by atoms with E-state index in [4.69, 9.17) is 0 Å². The van der Waals surface area contributed by atoms with Gasteiger partial charge in [0.25, 0.3) is 0 Å². The van der Waals surface area contributed by atoms with Crippen LogP contribution in [0.2, 0.25) is 0 Å². The molecule has 0 aliphatic rings. The van der Waals surface area contributed by atoms with Gasteiger partial charge < -0.3 is 4.90 Å². The standard InChI is InChI=1S/C12H17NOS/c1-13(2)8-3-9-15-12-6-4-11(10-14)5-7-12/h4-7,10H,3,8-9H2,1-2H3. The molecule has 0 aliphatic carbocycles. The Labute approximate surface area is 95.7 Å². The molecule has 0 heterocycles. The van der Waals surface area contributed by atoms with Crippen molar-refractivity contribution in [1.82, 2.24) is 4.90 Å². The number of carbonyl (C=O) groups is 1. The summed E-state index contributed by atoms with van der Waals surface area (Å²) in [5.74, 6) is 1.12. The molecule has 0 N–H and O–H groups in total. The third kappa shape index (κ3) is 5.00. The highest BCUT2D eigenvalue weighted by Crippen LogP contribution is 2.18. The van der Waals surface area contributed by atoms with E-state index in [1.165, 1.54) is 11.3 Å². The monoisotopic (exact) mass is 223 g/mol. The Morgan fingerprint density at radius 2 is 1.93 bits per heavy atom. The zero-order chi connectivity index (χ0) is 11.1. The van der Waals surface area contributed by atoms with Crippen LogP contribution in [0.1, 0.15) is 16.8 Å². The second-order valence-corrected chi connectivity index (χ2v) is 4.86. The van der Waals surface area contributed by atoms with E-state index >= 15 is 0 Å². The Balaban J connectivity index is 2.28. The number of benzene rings is 1. The van der Waals surface area contributed by atoms with Crippen LogP contribution in [-0.2, 0) is 0 Å². The van der Waals surface area contributed by atoms with Crippen molar-refractivity contribution in [3.63, 3.8) is 0 Å². The lowest BCUT2D eigenvalue weighted by atomic mass is 10.2. The van der Waals surface area contributed by atoms with Crippen molar-refractivity contribution >= 4 is 18.0 Å². The Morgan fingerprint density at radius 1 is 1.27 bits per heavy atom. The zero-order valence-electron chi connectivity index (χ0n) is 9.27. The molecule has 1 aromatic carbocycles. The molecular formula is C12H17NOS. The smallest absolute Gasteiger partial charge is 0.150 e. The third-order valence-corrected chi connectivity index (χ3v) is 3.13. The molecule has 0 spiro atoms. The van der Waals surface area contributed by atoms with Crippen LogP contribution in [0.15, 0.2) is 29.2 Å². The number of nitrogens with zero attached hydrogens (tertiary/aromatic N) is 1. The first-order valence-corrected chi connectivity index (χ1v) is 6.03. The fourth-order valence-electron chi connectivity index (χ4n) is 1.21. The highest BCUT2D eigenvalue weighted by molar-refractivity contribution is 7.99. The number of carbonyl (C=O) groups excluding carboxylic acids is 1. The van der Waals surface area contributed by atoms with Gasteiger partial charge in [0.1, 0.15) is 6.29 Å². The topological polar surface area (TPSA) is 20.3 Å². The fourth-order valence-corrected chi connectivity index (χ4v) is 2.05. The molecule has 1 aromatic rings. The number of aldehydes is 1. The summed E-state index contributed by atoms with van der Waals surface area (Å²) in [6, 6.07) is 7.73. The van der Waals surface area contributed by atoms with Crippen molar-refractivity contribution in [1.29, 1.82) is 0 Å². The van der Waals surface area contributed by atoms with E-state index in [9.17, 15) is 4.79 Å². The van der Waals surface area contributed by atoms with Gasteiger partial charge in [-0.15, -0.1) is 11.8 Å². The van der Waals surface area contributed by atoms with Crippen LogP contribution in [0.4, 0.5) is 0 Å². The predicted molar refractivity (Wildman–Crippen MR) is 65.7 cm³/mol. The molecule has 0 atom stereocenters. The summed E-state index contributed by atoms with van der Waals surface area (Å²) >= 11 is 1.84. The molecule has 82 valence electrons. The third-order valence-electron chi connectivity index (χ3n) is 2.03. The van der Waals surface area contributed by atoms with Crippen molar-refractivity contribution in [3.05, 3.63) is 29.8 Å². The van der Waals surface area contributed by atoms with Crippen molar-refractivity contribution < 1.29 is 4.79 Å². The maximum Gasteiger partial charge on any atom is 0.150 e. The summed E-state index contributed by atoms with van der Waals surface area (Å²) < 4.78 is 0. The van der Waals surface area contributed by atoms with Crippen LogP contribution < -0.4 is 0 Å². The second-order valence-electron chi connectivity index (χ2n) is 3.69. The maximum atomic E-state index is 10.4. The molecule has 15 heavy (non-hydrogen) atoms. The number of rotatable bonds is 6. The van der Waals surface area contributed by atoms with Crippen LogP contribution >= 0.6 is 11.8 Å². The summed E-state index contributed by atoms with van der Waals surface area (Å²) in [6.07, 6.45) is 2.06.